The number of hydrogen-bond acceptors (Lipinski definition) is 2. The Morgan fingerprint density at radius 2 is 2.23 bits per heavy atom. The fourth-order valence-electron chi connectivity index (χ4n) is 1.06. The van der Waals surface area contributed by atoms with Crippen LogP contribution in [0.5, 0.6) is 0 Å². The van der Waals surface area contributed by atoms with Gasteiger partial charge in [-0.1, -0.05) is 23.7 Å². The van der Waals surface area contributed by atoms with Crippen LogP contribution in [-0.2, 0) is 9.53 Å². The summed E-state index contributed by atoms with van der Waals surface area (Å²) in [6.45, 7) is 1.91. The van der Waals surface area contributed by atoms with Gasteiger partial charge in [0.05, 0.1) is 0 Å². The van der Waals surface area contributed by atoms with E-state index in [4.69, 9.17) is 16.3 Å². The molecule has 0 radical (unpaired) electrons. The maximum atomic E-state index is 10.6. The lowest BCUT2D eigenvalue weighted by molar-refractivity contribution is -0.116. The molecule has 0 fully saturated rings. The molecular formula is C10H11ClO2. The van der Waals surface area contributed by atoms with Crippen molar-refractivity contribution in [3.63, 3.8) is 0 Å². The summed E-state index contributed by atoms with van der Waals surface area (Å²) in [5.74, 6) is 0. The highest BCUT2D eigenvalue weighted by atomic mass is 35.5. The van der Waals surface area contributed by atoms with E-state index in [1.165, 1.54) is 7.11 Å². The molecule has 0 aliphatic heterocycles. The zero-order chi connectivity index (χ0) is 9.84. The van der Waals surface area contributed by atoms with Gasteiger partial charge >= 0.3 is 0 Å². The predicted molar refractivity (Wildman–Crippen MR) is 52.0 cm³/mol. The predicted octanol–water partition coefficient (Wildman–Crippen LogP) is 2.53. The first-order chi connectivity index (χ1) is 6.19. The lowest BCUT2D eigenvalue weighted by Gasteiger charge is -2.09. The number of carbonyl (C=O) groups excluding carboxylic acids is 1. The molecule has 1 unspecified atom stereocenters. The molecule has 13 heavy (non-hydrogen) atoms. The number of aldehydes is 1. The third-order valence-electron chi connectivity index (χ3n) is 1.90. The van der Waals surface area contributed by atoms with Crippen LogP contribution in [0.25, 0.3) is 0 Å². The van der Waals surface area contributed by atoms with Crippen molar-refractivity contribution in [1.82, 2.24) is 0 Å². The van der Waals surface area contributed by atoms with Crippen LogP contribution >= 0.6 is 11.6 Å². The van der Waals surface area contributed by atoms with Crippen molar-refractivity contribution in [2.75, 3.05) is 7.11 Å². The smallest absolute Gasteiger partial charge is 0.153 e. The number of rotatable bonds is 3. The van der Waals surface area contributed by atoms with Crippen LogP contribution in [0.4, 0.5) is 0 Å². The Morgan fingerprint density at radius 3 is 2.69 bits per heavy atom. The average molecular weight is 199 g/mol. The first kappa shape index (κ1) is 10.2. The maximum absolute atomic E-state index is 10.6. The van der Waals surface area contributed by atoms with Crippen molar-refractivity contribution in [2.24, 2.45) is 0 Å². The van der Waals surface area contributed by atoms with Crippen LogP contribution in [-0.4, -0.2) is 13.4 Å². The van der Waals surface area contributed by atoms with Gasteiger partial charge in [0.25, 0.3) is 0 Å². The minimum atomic E-state index is -0.516. The number of carbonyl (C=O) groups is 1. The lowest BCUT2D eigenvalue weighted by Crippen LogP contribution is -2.02. The molecule has 0 bridgehead atoms. The van der Waals surface area contributed by atoms with E-state index in [1.54, 1.807) is 6.07 Å². The first-order valence-corrected chi connectivity index (χ1v) is 4.31. The minimum Gasteiger partial charge on any atom is -0.369 e. The van der Waals surface area contributed by atoms with Gasteiger partial charge in [0.1, 0.15) is 6.10 Å². The normalized spacial score (nSPS) is 12.5. The summed E-state index contributed by atoms with van der Waals surface area (Å²) in [5, 5.41) is 0.654. The lowest BCUT2D eigenvalue weighted by atomic mass is 10.1. The third kappa shape index (κ3) is 2.29. The molecule has 2 nitrogen and oxygen atoms in total. The Bertz CT molecular complexity index is 310. The number of hydrogen-bond donors (Lipinski definition) is 0. The number of halogens is 1. The largest absolute Gasteiger partial charge is 0.369 e. The third-order valence-corrected chi connectivity index (χ3v) is 2.31. The second kappa shape index (κ2) is 4.40. The van der Waals surface area contributed by atoms with Gasteiger partial charge in [0.15, 0.2) is 6.29 Å². The highest BCUT2D eigenvalue weighted by molar-refractivity contribution is 6.31. The Kier molecular flexibility index (Phi) is 3.46. The molecule has 0 aliphatic rings. The Hall–Kier alpha value is -0.860. The monoisotopic (exact) mass is 198 g/mol. The second-order valence-electron chi connectivity index (χ2n) is 2.80. The summed E-state index contributed by atoms with van der Waals surface area (Å²) in [6, 6.07) is 5.45. The first-order valence-electron chi connectivity index (χ1n) is 3.93. The van der Waals surface area contributed by atoms with E-state index >= 15 is 0 Å². The summed E-state index contributed by atoms with van der Waals surface area (Å²) in [6.07, 6.45) is 0.235. The van der Waals surface area contributed by atoms with E-state index < -0.39 is 6.10 Å². The molecular weight excluding hydrogens is 188 g/mol. The molecule has 1 aromatic carbocycles. The summed E-state index contributed by atoms with van der Waals surface area (Å²) in [4.78, 5) is 10.6. The standard InChI is InChI=1S/C10H11ClO2/c1-7-3-4-8(5-9(7)11)10(6-12)13-2/h3-6,10H,1-2H3. The Labute approximate surface area is 82.5 Å². The van der Waals surface area contributed by atoms with Crippen LogP contribution in [0.3, 0.4) is 0 Å². The molecule has 70 valence electrons. The highest BCUT2D eigenvalue weighted by Crippen LogP contribution is 2.21. The number of ether oxygens (including phenoxy) is 1. The van der Waals surface area contributed by atoms with Gasteiger partial charge in [-0.05, 0) is 24.1 Å². The van der Waals surface area contributed by atoms with Crippen LogP contribution in [0.2, 0.25) is 5.02 Å². The molecule has 0 aliphatic carbocycles. The Balaban J connectivity index is 3.01. The van der Waals surface area contributed by atoms with Crippen molar-refractivity contribution in [3.05, 3.63) is 34.3 Å². The van der Waals surface area contributed by atoms with Crippen molar-refractivity contribution >= 4 is 17.9 Å². The van der Waals surface area contributed by atoms with Gasteiger partial charge in [-0.25, -0.2) is 0 Å². The molecule has 0 N–H and O–H groups in total. The number of methoxy groups -OCH3 is 1. The number of benzene rings is 1. The Morgan fingerprint density at radius 1 is 1.54 bits per heavy atom. The SMILES string of the molecule is COC(C=O)c1ccc(C)c(Cl)c1. The van der Waals surface area contributed by atoms with E-state index in [0.29, 0.717) is 5.02 Å². The molecule has 3 heteroatoms. The molecule has 0 heterocycles. The van der Waals surface area contributed by atoms with Gasteiger partial charge < -0.3 is 9.53 Å². The molecule has 0 aromatic heterocycles. The van der Waals surface area contributed by atoms with Crippen LogP contribution in [0.1, 0.15) is 17.2 Å². The zero-order valence-electron chi connectivity index (χ0n) is 7.58. The quantitative estimate of drug-likeness (QED) is 0.698. The van der Waals surface area contributed by atoms with Crippen molar-refractivity contribution in [2.45, 2.75) is 13.0 Å². The van der Waals surface area contributed by atoms with Crippen LogP contribution in [0, 0.1) is 6.92 Å². The zero-order valence-corrected chi connectivity index (χ0v) is 8.34. The second-order valence-corrected chi connectivity index (χ2v) is 3.21. The van der Waals surface area contributed by atoms with Crippen molar-refractivity contribution in [3.8, 4) is 0 Å². The minimum absolute atomic E-state index is 0.516. The summed E-state index contributed by atoms with van der Waals surface area (Å²) < 4.78 is 4.95. The van der Waals surface area contributed by atoms with E-state index in [1.807, 2.05) is 19.1 Å². The van der Waals surface area contributed by atoms with Gasteiger partial charge in [0.2, 0.25) is 0 Å². The fraction of sp³-hybridized carbons (Fsp3) is 0.300. The molecule has 0 saturated carbocycles. The molecule has 1 atom stereocenters. The highest BCUT2D eigenvalue weighted by Gasteiger charge is 2.09. The van der Waals surface area contributed by atoms with Gasteiger partial charge in [0, 0.05) is 12.1 Å². The van der Waals surface area contributed by atoms with Crippen molar-refractivity contribution in [1.29, 1.82) is 0 Å². The molecule has 1 aromatic rings. The van der Waals surface area contributed by atoms with Crippen LogP contribution < -0.4 is 0 Å². The maximum Gasteiger partial charge on any atom is 0.153 e. The van der Waals surface area contributed by atoms with Gasteiger partial charge in [-0.15, -0.1) is 0 Å². The summed E-state index contributed by atoms with van der Waals surface area (Å²) in [7, 11) is 1.49. The topological polar surface area (TPSA) is 26.3 Å². The number of aryl methyl sites for hydroxylation is 1. The molecule has 0 saturated heterocycles. The van der Waals surface area contributed by atoms with E-state index in [2.05, 4.69) is 0 Å². The molecule has 0 amide bonds. The fourth-order valence-corrected chi connectivity index (χ4v) is 1.25. The van der Waals surface area contributed by atoms with Gasteiger partial charge in [-0.2, -0.15) is 0 Å². The molecule has 1 rings (SSSR count). The van der Waals surface area contributed by atoms with E-state index in [9.17, 15) is 4.79 Å². The van der Waals surface area contributed by atoms with E-state index in [-0.39, 0.29) is 0 Å². The molecule has 0 spiro atoms. The summed E-state index contributed by atoms with van der Waals surface area (Å²) >= 11 is 5.90. The van der Waals surface area contributed by atoms with Crippen LogP contribution in [0.15, 0.2) is 18.2 Å². The summed E-state index contributed by atoms with van der Waals surface area (Å²) in [5.41, 5.74) is 1.78. The van der Waals surface area contributed by atoms with E-state index in [0.717, 1.165) is 17.4 Å². The van der Waals surface area contributed by atoms with Gasteiger partial charge in [-0.3, -0.25) is 0 Å². The average Bonchev–Trinajstić information content (AvgIpc) is 2.13. The van der Waals surface area contributed by atoms with Crippen molar-refractivity contribution < 1.29 is 9.53 Å².